The number of aromatic nitrogens is 1. The number of nitriles is 1. The predicted octanol–water partition coefficient (Wildman–Crippen LogP) is 1.88. The molecule has 0 spiro atoms. The van der Waals surface area contributed by atoms with E-state index in [0.29, 0.717) is 11.3 Å². The van der Waals surface area contributed by atoms with E-state index in [1.165, 1.54) is 41.8 Å². The molecule has 22 heavy (non-hydrogen) atoms. The van der Waals surface area contributed by atoms with Gasteiger partial charge in [0.1, 0.15) is 17.4 Å². The molecule has 1 aromatic carbocycles. The molecule has 0 aliphatic heterocycles. The molecule has 7 heteroatoms. The molecule has 0 unspecified atom stereocenters. The van der Waals surface area contributed by atoms with E-state index in [1.807, 2.05) is 0 Å². The summed E-state index contributed by atoms with van der Waals surface area (Å²) in [5.41, 5.74) is 0.279. The van der Waals surface area contributed by atoms with Crippen LogP contribution in [0.5, 0.6) is 0 Å². The highest BCUT2D eigenvalue weighted by atomic mass is 16.6. The fourth-order valence-corrected chi connectivity index (χ4v) is 2.05. The van der Waals surface area contributed by atoms with Crippen molar-refractivity contribution in [3.05, 3.63) is 62.4 Å². The van der Waals surface area contributed by atoms with Gasteiger partial charge >= 0.3 is 0 Å². The molecule has 0 atom stereocenters. The van der Waals surface area contributed by atoms with E-state index < -0.39 is 10.5 Å². The number of Topliss-reactive ketones (excluding diaryl/α,β-unsaturated/α-hetero) is 1. The van der Waals surface area contributed by atoms with E-state index in [1.54, 1.807) is 12.1 Å². The summed E-state index contributed by atoms with van der Waals surface area (Å²) in [6.45, 7) is 1.17. The van der Waals surface area contributed by atoms with Crippen molar-refractivity contribution in [2.24, 2.45) is 0 Å². The van der Waals surface area contributed by atoms with Crippen LogP contribution in [0, 0.1) is 21.4 Å². The van der Waals surface area contributed by atoms with E-state index in [0.717, 1.165) is 0 Å². The van der Waals surface area contributed by atoms with Gasteiger partial charge in [-0.3, -0.25) is 24.3 Å². The van der Waals surface area contributed by atoms with Crippen molar-refractivity contribution < 1.29 is 9.72 Å². The van der Waals surface area contributed by atoms with E-state index >= 15 is 0 Å². The zero-order valence-electron chi connectivity index (χ0n) is 11.6. The molecule has 0 fully saturated rings. The van der Waals surface area contributed by atoms with Crippen molar-refractivity contribution in [3.8, 4) is 17.3 Å². The quantitative estimate of drug-likeness (QED) is 0.632. The summed E-state index contributed by atoms with van der Waals surface area (Å²) < 4.78 is 1.20. The summed E-state index contributed by atoms with van der Waals surface area (Å²) in [6.07, 6.45) is 0. The van der Waals surface area contributed by atoms with Crippen LogP contribution in [0.15, 0.2) is 41.2 Å². The molecular weight excluding hydrogens is 286 g/mol. The first kappa shape index (κ1) is 15.1. The summed E-state index contributed by atoms with van der Waals surface area (Å²) in [4.78, 5) is 33.7. The lowest BCUT2D eigenvalue weighted by Crippen LogP contribution is -2.26. The second-order valence-electron chi connectivity index (χ2n) is 4.64. The molecule has 0 amide bonds. The van der Waals surface area contributed by atoms with E-state index in [4.69, 9.17) is 5.26 Å². The van der Waals surface area contributed by atoms with Crippen LogP contribution in [0.3, 0.4) is 0 Å². The lowest BCUT2D eigenvalue weighted by atomic mass is 10.1. The fourth-order valence-electron chi connectivity index (χ4n) is 2.05. The largest absolute Gasteiger partial charge is 0.300 e. The van der Waals surface area contributed by atoms with Gasteiger partial charge in [0.2, 0.25) is 0 Å². The zero-order chi connectivity index (χ0) is 16.3. The molecule has 1 aromatic heterocycles. The average molecular weight is 297 g/mol. The van der Waals surface area contributed by atoms with Gasteiger partial charge in [0.15, 0.2) is 0 Å². The minimum Gasteiger partial charge on any atom is -0.300 e. The Balaban J connectivity index is 2.61. The van der Waals surface area contributed by atoms with Crippen LogP contribution in [0.4, 0.5) is 5.69 Å². The maximum absolute atomic E-state index is 12.2. The number of carbonyl (C=O) groups excluding carboxylic acids is 1. The number of hydrogen-bond donors (Lipinski definition) is 0. The summed E-state index contributed by atoms with van der Waals surface area (Å²) in [6, 6.07) is 10.3. The minimum absolute atomic E-state index is 0.0630. The monoisotopic (exact) mass is 297 g/mol. The number of nitro benzene ring substituents is 1. The molecule has 0 aliphatic rings. The molecule has 2 rings (SSSR count). The molecule has 7 nitrogen and oxygen atoms in total. The number of non-ortho nitro benzene ring substituents is 1. The van der Waals surface area contributed by atoms with Gasteiger partial charge < -0.3 is 0 Å². The molecule has 1 heterocycles. The van der Waals surface area contributed by atoms with Crippen LogP contribution >= 0.6 is 0 Å². The number of rotatable bonds is 4. The number of benzene rings is 1. The van der Waals surface area contributed by atoms with Crippen molar-refractivity contribution in [2.75, 3.05) is 0 Å². The van der Waals surface area contributed by atoms with Crippen LogP contribution in [0.2, 0.25) is 0 Å². The third-order valence-corrected chi connectivity index (χ3v) is 3.05. The topological polar surface area (TPSA) is 106 Å². The van der Waals surface area contributed by atoms with Gasteiger partial charge in [0.05, 0.1) is 17.2 Å². The van der Waals surface area contributed by atoms with Crippen LogP contribution in [-0.2, 0) is 11.3 Å². The molecule has 2 aromatic rings. The zero-order valence-corrected chi connectivity index (χ0v) is 11.6. The third-order valence-electron chi connectivity index (χ3n) is 3.05. The molecule has 110 valence electrons. The van der Waals surface area contributed by atoms with Crippen molar-refractivity contribution in [1.29, 1.82) is 5.26 Å². The molecule has 0 saturated carbocycles. The van der Waals surface area contributed by atoms with Crippen molar-refractivity contribution in [1.82, 2.24) is 4.57 Å². The first-order valence-electron chi connectivity index (χ1n) is 6.32. The maximum atomic E-state index is 12.2. The second-order valence-corrected chi connectivity index (χ2v) is 4.64. The van der Waals surface area contributed by atoms with Crippen LogP contribution in [0.1, 0.15) is 12.5 Å². The van der Waals surface area contributed by atoms with Gasteiger partial charge in [-0.25, -0.2) is 0 Å². The lowest BCUT2D eigenvalue weighted by molar-refractivity contribution is -0.384. The highest BCUT2D eigenvalue weighted by Crippen LogP contribution is 2.21. The molecule has 0 bridgehead atoms. The Kier molecular flexibility index (Phi) is 4.13. The van der Waals surface area contributed by atoms with Gasteiger partial charge in [-0.1, -0.05) is 0 Å². The molecule has 0 radical (unpaired) electrons. The fraction of sp³-hybridized carbons (Fsp3) is 0.133. The summed E-state index contributed by atoms with van der Waals surface area (Å²) in [7, 11) is 0. The minimum atomic E-state index is -0.562. The first-order chi connectivity index (χ1) is 10.4. The Hall–Kier alpha value is -3.27. The SMILES string of the molecule is CC(=O)Cn1c(-c2ccc([N+](=O)[O-])cc2)ccc(C#N)c1=O. The Labute approximate surface area is 125 Å². The van der Waals surface area contributed by atoms with Crippen molar-refractivity contribution >= 4 is 11.5 Å². The standard InChI is InChI=1S/C15H11N3O4/c1-10(19)9-17-14(7-4-12(8-16)15(17)20)11-2-5-13(6-3-11)18(21)22/h2-7H,9H2,1H3. The first-order valence-corrected chi connectivity index (χ1v) is 6.32. The number of hydrogen-bond acceptors (Lipinski definition) is 5. The average Bonchev–Trinajstić information content (AvgIpc) is 2.49. The van der Waals surface area contributed by atoms with Crippen molar-refractivity contribution in [2.45, 2.75) is 13.5 Å². The normalized spacial score (nSPS) is 10.0. The summed E-state index contributed by atoms with van der Waals surface area (Å²) >= 11 is 0. The number of ketones is 1. The van der Waals surface area contributed by atoms with Gasteiger partial charge in [-0.15, -0.1) is 0 Å². The van der Waals surface area contributed by atoms with Crippen LogP contribution < -0.4 is 5.56 Å². The molecule has 0 saturated heterocycles. The number of carbonyl (C=O) groups is 1. The highest BCUT2D eigenvalue weighted by Gasteiger charge is 2.13. The Bertz CT molecular complexity index is 845. The van der Waals surface area contributed by atoms with Crippen LogP contribution in [0.25, 0.3) is 11.3 Å². The molecule has 0 N–H and O–H groups in total. The second kappa shape index (κ2) is 6.01. The number of nitro groups is 1. The van der Waals surface area contributed by atoms with Gasteiger partial charge in [-0.2, -0.15) is 5.26 Å². The lowest BCUT2D eigenvalue weighted by Gasteiger charge is -2.12. The number of nitrogens with zero attached hydrogens (tertiary/aromatic N) is 3. The third kappa shape index (κ3) is 2.91. The van der Waals surface area contributed by atoms with E-state index in [-0.39, 0.29) is 23.6 Å². The summed E-state index contributed by atoms with van der Waals surface area (Å²) in [5, 5.41) is 19.6. The molecular formula is C15H11N3O4. The smallest absolute Gasteiger partial charge is 0.269 e. The van der Waals surface area contributed by atoms with E-state index in [2.05, 4.69) is 0 Å². The predicted molar refractivity (Wildman–Crippen MR) is 78.2 cm³/mol. The number of pyridine rings is 1. The Morgan fingerprint density at radius 2 is 1.91 bits per heavy atom. The Morgan fingerprint density at radius 3 is 2.41 bits per heavy atom. The highest BCUT2D eigenvalue weighted by molar-refractivity contribution is 5.76. The van der Waals surface area contributed by atoms with Gasteiger partial charge in [0.25, 0.3) is 11.2 Å². The van der Waals surface area contributed by atoms with Crippen molar-refractivity contribution in [3.63, 3.8) is 0 Å². The van der Waals surface area contributed by atoms with Gasteiger partial charge in [0, 0.05) is 12.1 Å². The van der Waals surface area contributed by atoms with Crippen LogP contribution in [-0.4, -0.2) is 15.3 Å². The Morgan fingerprint density at radius 1 is 1.27 bits per heavy atom. The van der Waals surface area contributed by atoms with E-state index in [9.17, 15) is 19.7 Å². The maximum Gasteiger partial charge on any atom is 0.269 e. The van der Waals surface area contributed by atoms with Gasteiger partial charge in [-0.05, 0) is 36.8 Å². The summed E-state index contributed by atoms with van der Waals surface area (Å²) in [5.74, 6) is -0.236. The molecule has 0 aliphatic carbocycles.